The van der Waals surface area contributed by atoms with Crippen molar-refractivity contribution in [2.24, 2.45) is 5.92 Å². The Bertz CT molecular complexity index is 1200. The van der Waals surface area contributed by atoms with Gasteiger partial charge in [0.1, 0.15) is 17.1 Å². The molecule has 1 aliphatic heterocycles. The monoisotopic (exact) mass is 420 g/mol. The molecule has 0 atom stereocenters. The molecule has 3 heterocycles. The molecule has 0 bridgehead atoms. The summed E-state index contributed by atoms with van der Waals surface area (Å²) < 4.78 is 6.76. The van der Waals surface area contributed by atoms with Gasteiger partial charge in [-0.2, -0.15) is 5.10 Å². The molecule has 2 aromatic heterocycles. The van der Waals surface area contributed by atoms with Crippen LogP contribution in [0.2, 0.25) is 0 Å². The van der Waals surface area contributed by atoms with Gasteiger partial charge in [-0.3, -0.25) is 14.4 Å². The third-order valence-corrected chi connectivity index (χ3v) is 5.20. The van der Waals surface area contributed by atoms with Gasteiger partial charge in [0.15, 0.2) is 12.3 Å². The van der Waals surface area contributed by atoms with Crippen molar-refractivity contribution in [2.75, 3.05) is 18.5 Å². The van der Waals surface area contributed by atoms with Gasteiger partial charge in [0, 0.05) is 25.2 Å². The molecular weight excluding hydrogens is 400 g/mol. The number of anilines is 1. The topological polar surface area (TPSA) is 127 Å². The van der Waals surface area contributed by atoms with Gasteiger partial charge in [-0.25, -0.2) is 9.50 Å². The molecule has 3 N–H and O–H groups in total. The first-order valence-electron chi connectivity index (χ1n) is 10.0. The van der Waals surface area contributed by atoms with E-state index in [4.69, 9.17) is 4.74 Å². The van der Waals surface area contributed by atoms with Gasteiger partial charge < -0.3 is 20.7 Å². The number of ether oxygens (including phenoxy) is 1. The number of hydrogen-bond acceptors (Lipinski definition) is 6. The van der Waals surface area contributed by atoms with Gasteiger partial charge in [0.2, 0.25) is 0 Å². The minimum Gasteiger partial charge on any atom is -0.482 e. The van der Waals surface area contributed by atoms with Crippen LogP contribution in [0, 0.1) is 5.92 Å². The quantitative estimate of drug-likeness (QED) is 0.549. The summed E-state index contributed by atoms with van der Waals surface area (Å²) >= 11 is 0. The van der Waals surface area contributed by atoms with E-state index in [9.17, 15) is 14.4 Å². The Morgan fingerprint density at radius 3 is 2.87 bits per heavy atom. The molecule has 0 unspecified atom stereocenters. The number of nitrogens with zero attached hydrogens (tertiary/aromatic N) is 3. The van der Waals surface area contributed by atoms with Gasteiger partial charge in [0.25, 0.3) is 17.7 Å². The lowest BCUT2D eigenvalue weighted by atomic mass is 10.1. The standard InChI is InChI=1S/C21H20N6O4/c28-19-11-31-17-4-3-13(7-14(17)26-19)10-22-20(29)15-8-16(21(30)23-9-12-1-2-12)27-18(25-15)5-6-24-27/h3-8,12H,1-2,9-11H2,(H,22,29)(H,23,30)(H,26,28). The molecule has 1 saturated carbocycles. The largest absolute Gasteiger partial charge is 0.482 e. The number of rotatable bonds is 6. The van der Waals surface area contributed by atoms with E-state index in [1.807, 2.05) is 0 Å². The normalized spacial score (nSPS) is 15.0. The number of carbonyl (C=O) groups is 3. The van der Waals surface area contributed by atoms with E-state index in [2.05, 4.69) is 26.0 Å². The molecule has 31 heavy (non-hydrogen) atoms. The zero-order valence-corrected chi connectivity index (χ0v) is 16.6. The Morgan fingerprint density at radius 1 is 1.16 bits per heavy atom. The number of benzene rings is 1. The number of fused-ring (bicyclic) bond motifs is 2. The molecule has 0 radical (unpaired) electrons. The second-order valence-electron chi connectivity index (χ2n) is 7.63. The Hall–Kier alpha value is -3.95. The second-order valence-corrected chi connectivity index (χ2v) is 7.63. The molecule has 3 amide bonds. The van der Waals surface area contributed by atoms with Gasteiger partial charge in [0.05, 0.1) is 11.9 Å². The van der Waals surface area contributed by atoms with Crippen LogP contribution in [-0.4, -0.2) is 45.5 Å². The Morgan fingerprint density at radius 2 is 2.03 bits per heavy atom. The molecular formula is C21H20N6O4. The van der Waals surface area contributed by atoms with E-state index in [-0.39, 0.29) is 36.4 Å². The van der Waals surface area contributed by atoms with Crippen molar-refractivity contribution in [1.82, 2.24) is 25.2 Å². The van der Waals surface area contributed by atoms with Crippen LogP contribution in [0.25, 0.3) is 5.65 Å². The summed E-state index contributed by atoms with van der Waals surface area (Å²) in [6, 6.07) is 8.38. The van der Waals surface area contributed by atoms with Crippen molar-refractivity contribution in [1.29, 1.82) is 0 Å². The lowest BCUT2D eigenvalue weighted by molar-refractivity contribution is -0.118. The van der Waals surface area contributed by atoms with Crippen molar-refractivity contribution in [2.45, 2.75) is 19.4 Å². The summed E-state index contributed by atoms with van der Waals surface area (Å²) in [6.07, 6.45) is 3.78. The molecule has 2 aliphatic rings. The summed E-state index contributed by atoms with van der Waals surface area (Å²) in [5.41, 5.74) is 2.15. The molecule has 0 spiro atoms. The number of amides is 3. The summed E-state index contributed by atoms with van der Waals surface area (Å²) in [5, 5.41) is 12.6. The first-order valence-corrected chi connectivity index (χ1v) is 10.0. The van der Waals surface area contributed by atoms with Gasteiger partial charge in [-0.15, -0.1) is 0 Å². The predicted octanol–water partition coefficient (Wildman–Crippen LogP) is 1.13. The predicted molar refractivity (Wildman–Crippen MR) is 110 cm³/mol. The molecule has 5 rings (SSSR count). The van der Waals surface area contributed by atoms with Crippen LogP contribution in [0.4, 0.5) is 5.69 Å². The van der Waals surface area contributed by atoms with E-state index < -0.39 is 5.91 Å². The van der Waals surface area contributed by atoms with E-state index in [0.717, 1.165) is 18.4 Å². The highest BCUT2D eigenvalue weighted by Gasteiger charge is 2.23. The average molecular weight is 420 g/mol. The number of nitrogens with one attached hydrogen (secondary N) is 3. The zero-order chi connectivity index (χ0) is 21.4. The van der Waals surface area contributed by atoms with Crippen LogP contribution in [-0.2, 0) is 11.3 Å². The smallest absolute Gasteiger partial charge is 0.270 e. The first-order chi connectivity index (χ1) is 15.1. The average Bonchev–Trinajstić information content (AvgIpc) is 3.49. The molecule has 1 fully saturated rings. The minimum atomic E-state index is -0.419. The molecule has 158 valence electrons. The van der Waals surface area contributed by atoms with E-state index in [1.165, 1.54) is 16.8 Å². The second kappa shape index (κ2) is 7.71. The van der Waals surface area contributed by atoms with Crippen molar-refractivity contribution < 1.29 is 19.1 Å². The Balaban J connectivity index is 1.32. The molecule has 3 aromatic rings. The fourth-order valence-corrected chi connectivity index (χ4v) is 3.35. The lowest BCUT2D eigenvalue weighted by Gasteiger charge is -2.18. The summed E-state index contributed by atoms with van der Waals surface area (Å²) in [4.78, 5) is 41.2. The maximum atomic E-state index is 12.7. The first kappa shape index (κ1) is 19.0. The highest BCUT2D eigenvalue weighted by Crippen LogP contribution is 2.28. The minimum absolute atomic E-state index is 0.0115. The maximum Gasteiger partial charge on any atom is 0.270 e. The fraction of sp³-hybridized carbons (Fsp3) is 0.286. The van der Waals surface area contributed by atoms with E-state index in [0.29, 0.717) is 29.5 Å². The Kier molecular flexibility index (Phi) is 4.73. The van der Waals surface area contributed by atoms with Crippen LogP contribution in [0.15, 0.2) is 36.5 Å². The van der Waals surface area contributed by atoms with Crippen molar-refractivity contribution in [3.63, 3.8) is 0 Å². The van der Waals surface area contributed by atoms with Crippen molar-refractivity contribution in [3.8, 4) is 5.75 Å². The zero-order valence-electron chi connectivity index (χ0n) is 16.6. The molecule has 1 aliphatic carbocycles. The van der Waals surface area contributed by atoms with Crippen LogP contribution in [0.1, 0.15) is 39.4 Å². The van der Waals surface area contributed by atoms with E-state index >= 15 is 0 Å². The van der Waals surface area contributed by atoms with Crippen LogP contribution in [0.5, 0.6) is 5.75 Å². The van der Waals surface area contributed by atoms with Crippen LogP contribution >= 0.6 is 0 Å². The lowest BCUT2D eigenvalue weighted by Crippen LogP contribution is -2.30. The molecule has 1 aromatic carbocycles. The van der Waals surface area contributed by atoms with Crippen molar-refractivity contribution in [3.05, 3.63) is 53.5 Å². The highest BCUT2D eigenvalue weighted by molar-refractivity contribution is 5.98. The number of hydrogen-bond donors (Lipinski definition) is 3. The van der Waals surface area contributed by atoms with Crippen molar-refractivity contribution >= 4 is 29.1 Å². The van der Waals surface area contributed by atoms with Crippen LogP contribution in [0.3, 0.4) is 0 Å². The van der Waals surface area contributed by atoms with Crippen LogP contribution < -0.4 is 20.7 Å². The number of carbonyl (C=O) groups excluding carboxylic acids is 3. The summed E-state index contributed by atoms with van der Waals surface area (Å²) in [6.45, 7) is 0.823. The summed E-state index contributed by atoms with van der Waals surface area (Å²) in [7, 11) is 0. The van der Waals surface area contributed by atoms with Gasteiger partial charge in [-0.1, -0.05) is 6.07 Å². The third-order valence-electron chi connectivity index (χ3n) is 5.20. The van der Waals surface area contributed by atoms with Gasteiger partial charge in [-0.05, 0) is 36.5 Å². The molecule has 10 nitrogen and oxygen atoms in total. The third kappa shape index (κ3) is 4.04. The Labute approximate surface area is 177 Å². The number of aromatic nitrogens is 3. The SMILES string of the molecule is O=C1COc2ccc(CNC(=O)c3cc(C(=O)NCC4CC4)n4nccc4n3)cc2N1. The summed E-state index contributed by atoms with van der Waals surface area (Å²) in [5.74, 6) is 0.192. The maximum absolute atomic E-state index is 12.7. The molecule has 10 heteroatoms. The molecule has 0 saturated heterocycles. The van der Waals surface area contributed by atoms with E-state index in [1.54, 1.807) is 24.3 Å². The van der Waals surface area contributed by atoms with Gasteiger partial charge >= 0.3 is 0 Å². The highest BCUT2D eigenvalue weighted by atomic mass is 16.5. The fourth-order valence-electron chi connectivity index (χ4n) is 3.35.